The van der Waals surface area contributed by atoms with Crippen molar-refractivity contribution < 1.29 is 4.74 Å². The molecule has 1 aliphatic heterocycles. The van der Waals surface area contributed by atoms with Crippen LogP contribution in [0, 0.1) is 5.92 Å². The number of ether oxygens (including phenoxy) is 1. The van der Waals surface area contributed by atoms with Crippen molar-refractivity contribution in [2.45, 2.75) is 18.7 Å². The second kappa shape index (κ2) is 6.02. The number of imidazole rings is 1. The van der Waals surface area contributed by atoms with Crippen LogP contribution in [0.3, 0.4) is 0 Å². The van der Waals surface area contributed by atoms with Crippen LogP contribution in [0.5, 0.6) is 0 Å². The Morgan fingerprint density at radius 1 is 1.45 bits per heavy atom. The molecule has 1 fully saturated rings. The van der Waals surface area contributed by atoms with Crippen LogP contribution in [-0.4, -0.2) is 36.2 Å². The predicted octanol–water partition coefficient (Wildman–Crippen LogP) is 2.94. The molecule has 1 unspecified atom stereocenters. The topological polar surface area (TPSA) is 29.8 Å². The van der Waals surface area contributed by atoms with Crippen molar-refractivity contribution in [2.75, 3.05) is 31.7 Å². The number of fused-ring (bicyclic) bond motifs is 1. The molecule has 2 aromatic heterocycles. The van der Waals surface area contributed by atoms with Crippen molar-refractivity contribution in [1.82, 2.24) is 9.38 Å². The summed E-state index contributed by atoms with van der Waals surface area (Å²) in [5.41, 5.74) is 2.05. The van der Waals surface area contributed by atoms with Gasteiger partial charge in [0.05, 0.1) is 18.2 Å². The fraction of sp³-hybridized carbons (Fsp3) is 0.533. The zero-order valence-electron chi connectivity index (χ0n) is 11.8. The van der Waals surface area contributed by atoms with E-state index in [0.29, 0.717) is 11.8 Å². The maximum absolute atomic E-state index is 6.16. The van der Waals surface area contributed by atoms with Gasteiger partial charge in [-0.3, -0.25) is 0 Å². The molecule has 1 atom stereocenters. The first-order valence-electron chi connectivity index (χ1n) is 7.09. The zero-order chi connectivity index (χ0) is 13.9. The van der Waals surface area contributed by atoms with E-state index < -0.39 is 0 Å². The van der Waals surface area contributed by atoms with Crippen molar-refractivity contribution >= 4 is 23.1 Å². The number of aromatic nitrogens is 2. The number of hydrogen-bond acceptors (Lipinski definition) is 3. The number of piperidine rings is 1. The third-order valence-electron chi connectivity index (χ3n) is 3.96. The smallest absolute Gasteiger partial charge is 0.152 e. The minimum atomic E-state index is 0.478. The Bertz CT molecular complexity index is 582. The highest BCUT2D eigenvalue weighted by Crippen LogP contribution is 2.28. The Kier molecular flexibility index (Phi) is 4.13. The van der Waals surface area contributed by atoms with Gasteiger partial charge in [-0.2, -0.15) is 0 Å². The third kappa shape index (κ3) is 2.50. The van der Waals surface area contributed by atoms with Crippen LogP contribution in [0.15, 0.2) is 24.4 Å². The largest absolute Gasteiger partial charge is 0.384 e. The molecule has 5 heteroatoms. The maximum atomic E-state index is 6.16. The summed E-state index contributed by atoms with van der Waals surface area (Å²) in [5, 5.41) is 0. The van der Waals surface area contributed by atoms with Gasteiger partial charge in [0, 0.05) is 26.4 Å². The summed E-state index contributed by atoms with van der Waals surface area (Å²) in [7, 11) is 1.77. The molecule has 0 aromatic carbocycles. The van der Waals surface area contributed by atoms with Crippen LogP contribution in [0.2, 0.25) is 0 Å². The van der Waals surface area contributed by atoms with Gasteiger partial charge in [-0.25, -0.2) is 4.98 Å². The number of nitrogens with zero attached hydrogens (tertiary/aromatic N) is 3. The highest BCUT2D eigenvalue weighted by atomic mass is 35.5. The average Bonchev–Trinajstić information content (AvgIpc) is 2.86. The van der Waals surface area contributed by atoms with Crippen molar-refractivity contribution in [3.8, 4) is 0 Å². The Morgan fingerprint density at radius 2 is 2.35 bits per heavy atom. The summed E-state index contributed by atoms with van der Waals surface area (Å²) in [6.45, 7) is 2.87. The molecular formula is C15H20ClN3O. The monoisotopic (exact) mass is 293 g/mol. The van der Waals surface area contributed by atoms with E-state index in [1.807, 2.05) is 24.4 Å². The molecule has 0 bridgehead atoms. The van der Waals surface area contributed by atoms with Crippen LogP contribution in [0.4, 0.5) is 5.82 Å². The van der Waals surface area contributed by atoms with Crippen molar-refractivity contribution in [1.29, 1.82) is 0 Å². The lowest BCUT2D eigenvalue weighted by molar-refractivity contribution is 0.143. The Hall–Kier alpha value is -1.26. The van der Waals surface area contributed by atoms with E-state index >= 15 is 0 Å². The van der Waals surface area contributed by atoms with Gasteiger partial charge in [0.2, 0.25) is 0 Å². The van der Waals surface area contributed by atoms with E-state index in [-0.39, 0.29) is 0 Å². The third-order valence-corrected chi connectivity index (χ3v) is 4.21. The van der Waals surface area contributed by atoms with E-state index in [2.05, 4.69) is 9.30 Å². The van der Waals surface area contributed by atoms with Gasteiger partial charge in [0.1, 0.15) is 5.65 Å². The average molecular weight is 294 g/mol. The molecule has 0 spiro atoms. The van der Waals surface area contributed by atoms with Gasteiger partial charge in [-0.05, 0) is 30.9 Å². The number of pyridine rings is 1. The molecule has 3 heterocycles. The van der Waals surface area contributed by atoms with E-state index in [1.165, 1.54) is 12.8 Å². The molecule has 108 valence electrons. The van der Waals surface area contributed by atoms with Gasteiger partial charge < -0.3 is 14.0 Å². The first-order valence-corrected chi connectivity index (χ1v) is 7.62. The highest BCUT2D eigenvalue weighted by Gasteiger charge is 2.24. The maximum Gasteiger partial charge on any atom is 0.152 e. The summed E-state index contributed by atoms with van der Waals surface area (Å²) in [4.78, 5) is 7.12. The Balaban J connectivity index is 1.92. The first kappa shape index (κ1) is 13.7. The summed E-state index contributed by atoms with van der Waals surface area (Å²) in [6, 6.07) is 6.04. The first-order chi connectivity index (χ1) is 9.83. The van der Waals surface area contributed by atoms with E-state index in [4.69, 9.17) is 21.3 Å². The minimum absolute atomic E-state index is 0.478. The molecule has 0 radical (unpaired) electrons. The van der Waals surface area contributed by atoms with Crippen LogP contribution < -0.4 is 4.90 Å². The fourth-order valence-electron chi connectivity index (χ4n) is 3.04. The SMILES string of the molecule is COCC1CCCN(c2nc3ccccn3c2CCl)C1. The lowest BCUT2D eigenvalue weighted by Crippen LogP contribution is -2.37. The molecule has 2 aromatic rings. The Morgan fingerprint density at radius 3 is 3.15 bits per heavy atom. The quantitative estimate of drug-likeness (QED) is 0.812. The summed E-state index contributed by atoms with van der Waals surface area (Å²) in [5.74, 6) is 2.10. The Labute approximate surface area is 124 Å². The molecule has 0 N–H and O–H groups in total. The molecule has 4 nitrogen and oxygen atoms in total. The summed E-state index contributed by atoms with van der Waals surface area (Å²) >= 11 is 6.16. The van der Waals surface area contributed by atoms with Crippen LogP contribution >= 0.6 is 11.6 Å². The number of halogens is 1. The van der Waals surface area contributed by atoms with Crippen molar-refractivity contribution in [2.24, 2.45) is 5.92 Å². The fourth-order valence-corrected chi connectivity index (χ4v) is 3.29. The van der Waals surface area contributed by atoms with Crippen molar-refractivity contribution in [3.63, 3.8) is 0 Å². The lowest BCUT2D eigenvalue weighted by atomic mass is 9.99. The van der Waals surface area contributed by atoms with Crippen LogP contribution in [0.1, 0.15) is 18.5 Å². The predicted molar refractivity (Wildman–Crippen MR) is 81.6 cm³/mol. The van der Waals surface area contributed by atoms with Gasteiger partial charge in [-0.1, -0.05) is 6.07 Å². The number of anilines is 1. The molecule has 3 rings (SSSR count). The van der Waals surface area contributed by atoms with Crippen LogP contribution in [0.25, 0.3) is 5.65 Å². The van der Waals surface area contributed by atoms with Gasteiger partial charge in [0.15, 0.2) is 5.82 Å². The second-order valence-corrected chi connectivity index (χ2v) is 5.62. The molecule has 1 aliphatic rings. The number of rotatable bonds is 4. The summed E-state index contributed by atoms with van der Waals surface area (Å²) in [6.07, 6.45) is 4.44. The van der Waals surface area contributed by atoms with Gasteiger partial charge >= 0.3 is 0 Å². The number of alkyl halides is 1. The zero-order valence-corrected chi connectivity index (χ0v) is 12.5. The van der Waals surface area contributed by atoms with Crippen LogP contribution in [-0.2, 0) is 10.6 Å². The minimum Gasteiger partial charge on any atom is -0.384 e. The molecule has 1 saturated heterocycles. The second-order valence-electron chi connectivity index (χ2n) is 5.35. The lowest BCUT2D eigenvalue weighted by Gasteiger charge is -2.33. The van der Waals surface area contributed by atoms with Gasteiger partial charge in [-0.15, -0.1) is 11.6 Å². The molecule has 20 heavy (non-hydrogen) atoms. The van der Waals surface area contributed by atoms with E-state index in [9.17, 15) is 0 Å². The molecular weight excluding hydrogens is 274 g/mol. The molecule has 0 saturated carbocycles. The summed E-state index contributed by atoms with van der Waals surface area (Å²) < 4.78 is 7.39. The van der Waals surface area contributed by atoms with Gasteiger partial charge in [0.25, 0.3) is 0 Å². The van der Waals surface area contributed by atoms with E-state index in [1.54, 1.807) is 7.11 Å². The highest BCUT2D eigenvalue weighted by molar-refractivity contribution is 6.17. The van der Waals surface area contributed by atoms with Crippen molar-refractivity contribution in [3.05, 3.63) is 30.1 Å². The standard InChI is InChI=1S/C15H20ClN3O/c1-20-11-12-5-4-7-18(10-12)15-13(9-16)19-8-3-2-6-14(19)17-15/h2-3,6,8,12H,4-5,7,9-11H2,1H3. The normalized spacial score (nSPS) is 19.7. The number of hydrogen-bond donors (Lipinski definition) is 0. The van der Waals surface area contributed by atoms with E-state index in [0.717, 1.165) is 36.9 Å². The number of methoxy groups -OCH3 is 1. The molecule has 0 aliphatic carbocycles. The molecule has 0 amide bonds.